The van der Waals surface area contributed by atoms with Gasteiger partial charge in [-0.1, -0.05) is 0 Å². The summed E-state index contributed by atoms with van der Waals surface area (Å²) in [6, 6.07) is 5.01. The number of aromatic nitrogens is 3. The van der Waals surface area contributed by atoms with Crippen molar-refractivity contribution in [3.63, 3.8) is 0 Å². The van der Waals surface area contributed by atoms with E-state index in [4.69, 9.17) is 4.74 Å². The van der Waals surface area contributed by atoms with Gasteiger partial charge in [-0.25, -0.2) is 4.68 Å². The van der Waals surface area contributed by atoms with E-state index in [0.29, 0.717) is 5.88 Å². The second-order valence-corrected chi connectivity index (χ2v) is 5.54. The normalized spacial score (nSPS) is 11.7. The first-order valence-corrected chi connectivity index (χ1v) is 7.46. The molecule has 0 saturated carbocycles. The van der Waals surface area contributed by atoms with Crippen molar-refractivity contribution in [3.8, 4) is 5.88 Å². The number of nitrogens with zero attached hydrogens (tertiary/aromatic N) is 4. The highest BCUT2D eigenvalue weighted by Gasteiger charge is 2.17. The van der Waals surface area contributed by atoms with Crippen LogP contribution in [0, 0.1) is 0 Å². The van der Waals surface area contributed by atoms with Crippen molar-refractivity contribution in [2.75, 3.05) is 20.7 Å². The molecule has 0 radical (unpaired) electrons. The summed E-state index contributed by atoms with van der Waals surface area (Å²) in [7, 11) is 4.95. The van der Waals surface area contributed by atoms with Crippen LogP contribution in [0.25, 0.3) is 0 Å². The molecule has 0 spiro atoms. The Morgan fingerprint density at radius 1 is 1.33 bits per heavy atom. The molecule has 128 valence electrons. The van der Waals surface area contributed by atoms with Crippen molar-refractivity contribution in [3.05, 3.63) is 41.9 Å². The lowest BCUT2D eigenvalue weighted by molar-refractivity contribution is -0.130. The van der Waals surface area contributed by atoms with Gasteiger partial charge in [-0.15, -0.1) is 0 Å². The number of aryl methyl sites for hydroxylation is 1. The van der Waals surface area contributed by atoms with E-state index in [-0.39, 0.29) is 30.2 Å². The van der Waals surface area contributed by atoms with Crippen LogP contribution >= 0.6 is 0 Å². The Morgan fingerprint density at radius 2 is 2.00 bits per heavy atom. The molecule has 2 aromatic heterocycles. The number of pyridine rings is 1. The van der Waals surface area contributed by atoms with Crippen molar-refractivity contribution in [2.45, 2.75) is 13.0 Å². The first-order chi connectivity index (χ1) is 11.4. The second-order valence-electron chi connectivity index (χ2n) is 5.54. The van der Waals surface area contributed by atoms with Gasteiger partial charge in [0.25, 0.3) is 11.8 Å². The first-order valence-electron chi connectivity index (χ1n) is 7.46. The highest BCUT2D eigenvalue weighted by atomic mass is 16.5. The monoisotopic (exact) mass is 331 g/mol. The fourth-order valence-electron chi connectivity index (χ4n) is 1.97. The standard InChI is InChI=1S/C16H21N5O3/c1-11(12-5-7-17-8-6-12)18-16(23)13-9-15(21(4)19-13)24-10-14(22)20(2)3/h5-9,11H,10H2,1-4H3,(H,18,23)/t11-/m1/s1. The summed E-state index contributed by atoms with van der Waals surface area (Å²) in [6.07, 6.45) is 3.35. The van der Waals surface area contributed by atoms with E-state index < -0.39 is 0 Å². The fourth-order valence-corrected chi connectivity index (χ4v) is 1.97. The van der Waals surface area contributed by atoms with Crippen LogP contribution < -0.4 is 10.1 Å². The topological polar surface area (TPSA) is 89.4 Å². The number of ether oxygens (including phenoxy) is 1. The van der Waals surface area contributed by atoms with E-state index in [2.05, 4.69) is 15.4 Å². The molecule has 2 heterocycles. The van der Waals surface area contributed by atoms with Gasteiger partial charge in [0.2, 0.25) is 5.88 Å². The molecule has 0 fully saturated rings. The van der Waals surface area contributed by atoms with Gasteiger partial charge in [0.05, 0.1) is 6.04 Å². The quantitative estimate of drug-likeness (QED) is 0.844. The molecule has 2 rings (SSSR count). The average molecular weight is 331 g/mol. The molecule has 0 saturated heterocycles. The molecule has 0 aliphatic carbocycles. The predicted molar refractivity (Wildman–Crippen MR) is 87.5 cm³/mol. The third-order valence-corrected chi connectivity index (χ3v) is 3.47. The maximum atomic E-state index is 12.3. The summed E-state index contributed by atoms with van der Waals surface area (Å²) in [4.78, 5) is 29.2. The summed E-state index contributed by atoms with van der Waals surface area (Å²) >= 11 is 0. The molecule has 2 aromatic rings. The Labute approximate surface area is 140 Å². The Bertz CT molecular complexity index is 712. The largest absolute Gasteiger partial charge is 0.468 e. The van der Waals surface area contributed by atoms with Crippen LogP contribution in [0.5, 0.6) is 5.88 Å². The van der Waals surface area contributed by atoms with Crippen molar-refractivity contribution in [1.29, 1.82) is 0 Å². The molecule has 8 nitrogen and oxygen atoms in total. The van der Waals surface area contributed by atoms with Crippen LogP contribution in [0.1, 0.15) is 29.0 Å². The van der Waals surface area contributed by atoms with Crippen LogP contribution in [0.3, 0.4) is 0 Å². The average Bonchev–Trinajstić information content (AvgIpc) is 2.94. The van der Waals surface area contributed by atoms with Gasteiger partial charge in [-0.3, -0.25) is 14.6 Å². The van der Waals surface area contributed by atoms with Gasteiger partial charge in [-0.2, -0.15) is 5.10 Å². The molecule has 8 heteroatoms. The SMILES string of the molecule is C[C@@H](NC(=O)c1cc(OCC(=O)N(C)C)n(C)n1)c1ccncc1. The van der Waals surface area contributed by atoms with E-state index in [1.807, 2.05) is 19.1 Å². The van der Waals surface area contributed by atoms with Crippen molar-refractivity contribution >= 4 is 11.8 Å². The zero-order valence-corrected chi connectivity index (χ0v) is 14.2. The number of hydrogen-bond acceptors (Lipinski definition) is 5. The Morgan fingerprint density at radius 3 is 2.62 bits per heavy atom. The van der Waals surface area contributed by atoms with E-state index in [1.54, 1.807) is 33.5 Å². The molecule has 0 aliphatic rings. The van der Waals surface area contributed by atoms with Crippen molar-refractivity contribution < 1.29 is 14.3 Å². The zero-order valence-electron chi connectivity index (χ0n) is 14.2. The summed E-state index contributed by atoms with van der Waals surface area (Å²) in [5.74, 6) is -0.135. The number of rotatable bonds is 6. The van der Waals surface area contributed by atoms with Gasteiger partial charge in [0.15, 0.2) is 12.3 Å². The smallest absolute Gasteiger partial charge is 0.272 e. The highest BCUT2D eigenvalue weighted by Crippen LogP contribution is 2.15. The molecule has 2 amide bonds. The Hall–Kier alpha value is -2.90. The molecular weight excluding hydrogens is 310 g/mol. The van der Waals surface area contributed by atoms with Crippen LogP contribution in [-0.2, 0) is 11.8 Å². The fraction of sp³-hybridized carbons (Fsp3) is 0.375. The summed E-state index contributed by atoms with van der Waals surface area (Å²) < 4.78 is 6.83. The van der Waals surface area contributed by atoms with Crippen molar-refractivity contribution in [1.82, 2.24) is 25.0 Å². The molecule has 24 heavy (non-hydrogen) atoms. The van der Waals surface area contributed by atoms with E-state index >= 15 is 0 Å². The highest BCUT2D eigenvalue weighted by molar-refractivity contribution is 5.92. The van der Waals surface area contributed by atoms with Gasteiger partial charge >= 0.3 is 0 Å². The molecule has 1 atom stereocenters. The Kier molecular flexibility index (Phi) is 5.51. The Balaban J connectivity index is 2.00. The van der Waals surface area contributed by atoms with Gasteiger partial charge in [0.1, 0.15) is 0 Å². The van der Waals surface area contributed by atoms with Crippen molar-refractivity contribution in [2.24, 2.45) is 7.05 Å². The number of carbonyl (C=O) groups excluding carboxylic acids is 2. The molecule has 0 bridgehead atoms. The number of nitrogens with one attached hydrogen (secondary N) is 1. The van der Waals surface area contributed by atoms with E-state index in [1.165, 1.54) is 15.6 Å². The molecule has 0 unspecified atom stereocenters. The molecule has 0 aliphatic heterocycles. The third kappa shape index (κ3) is 4.31. The first kappa shape index (κ1) is 17.5. The minimum atomic E-state index is -0.316. The lowest BCUT2D eigenvalue weighted by Crippen LogP contribution is -2.27. The minimum Gasteiger partial charge on any atom is -0.468 e. The van der Waals surface area contributed by atoms with Crippen LogP contribution in [0.4, 0.5) is 0 Å². The maximum Gasteiger partial charge on any atom is 0.272 e. The maximum absolute atomic E-state index is 12.3. The summed E-state index contributed by atoms with van der Waals surface area (Å²) in [6.45, 7) is 1.77. The third-order valence-electron chi connectivity index (χ3n) is 3.47. The summed E-state index contributed by atoms with van der Waals surface area (Å²) in [5.41, 5.74) is 1.17. The van der Waals surface area contributed by atoms with E-state index in [0.717, 1.165) is 5.56 Å². The number of hydrogen-bond donors (Lipinski definition) is 1. The number of likely N-dealkylation sites (N-methyl/N-ethyl adjacent to an activating group) is 1. The molecular formula is C16H21N5O3. The number of amides is 2. The van der Waals surface area contributed by atoms with Crippen LogP contribution in [-0.4, -0.2) is 52.2 Å². The van der Waals surface area contributed by atoms with Gasteiger partial charge in [0, 0.05) is 39.6 Å². The summed E-state index contributed by atoms with van der Waals surface area (Å²) in [5, 5.41) is 6.99. The van der Waals surface area contributed by atoms with Crippen LogP contribution in [0.15, 0.2) is 30.6 Å². The van der Waals surface area contributed by atoms with E-state index in [9.17, 15) is 9.59 Å². The zero-order chi connectivity index (χ0) is 17.7. The second kappa shape index (κ2) is 7.58. The minimum absolute atomic E-state index is 0.110. The predicted octanol–water partition coefficient (Wildman–Crippen LogP) is 0.773. The lowest BCUT2D eigenvalue weighted by atomic mass is 10.1. The lowest BCUT2D eigenvalue weighted by Gasteiger charge is -2.12. The van der Waals surface area contributed by atoms with Gasteiger partial charge < -0.3 is 15.0 Å². The molecule has 1 N–H and O–H groups in total. The molecule has 0 aromatic carbocycles. The number of carbonyl (C=O) groups is 2. The van der Waals surface area contributed by atoms with Gasteiger partial charge in [-0.05, 0) is 24.6 Å². The van der Waals surface area contributed by atoms with Crippen LogP contribution in [0.2, 0.25) is 0 Å².